The molecule has 2 fully saturated rings. The summed E-state index contributed by atoms with van der Waals surface area (Å²) in [5.41, 5.74) is 0.489. The molecule has 0 aromatic rings. The van der Waals surface area contributed by atoms with Crippen molar-refractivity contribution in [3.05, 3.63) is 0 Å². The molecule has 0 radical (unpaired) electrons. The van der Waals surface area contributed by atoms with Gasteiger partial charge in [-0.3, -0.25) is 4.90 Å². The Balaban J connectivity index is 1.68. The van der Waals surface area contributed by atoms with E-state index in [0.29, 0.717) is 5.54 Å². The lowest BCUT2D eigenvalue weighted by Crippen LogP contribution is -2.63. The molecule has 0 aromatic carbocycles. The molecule has 2 nitrogen and oxygen atoms in total. The highest BCUT2D eigenvalue weighted by atomic mass is 15.3. The summed E-state index contributed by atoms with van der Waals surface area (Å²) in [5.74, 6) is 0.880. The first-order valence-electron chi connectivity index (χ1n) is 9.64. The number of rotatable bonds is 8. The van der Waals surface area contributed by atoms with E-state index in [1.807, 2.05) is 0 Å². The second kappa shape index (κ2) is 8.53. The van der Waals surface area contributed by atoms with Crippen LogP contribution >= 0.6 is 0 Å². The first-order valence-corrected chi connectivity index (χ1v) is 9.64. The van der Waals surface area contributed by atoms with Gasteiger partial charge in [0, 0.05) is 24.7 Å². The Bertz CT molecular complexity index is 281. The van der Waals surface area contributed by atoms with Gasteiger partial charge < -0.3 is 5.32 Å². The Labute approximate surface area is 133 Å². The van der Waals surface area contributed by atoms with Crippen LogP contribution in [0.4, 0.5) is 0 Å². The molecule has 1 aliphatic heterocycles. The molecule has 0 aromatic heterocycles. The van der Waals surface area contributed by atoms with Gasteiger partial charge in [0.15, 0.2) is 0 Å². The fourth-order valence-electron chi connectivity index (χ4n) is 4.31. The van der Waals surface area contributed by atoms with E-state index >= 15 is 0 Å². The monoisotopic (exact) mass is 294 g/mol. The zero-order chi connectivity index (χ0) is 15.1. The van der Waals surface area contributed by atoms with Gasteiger partial charge in [-0.2, -0.15) is 0 Å². The van der Waals surface area contributed by atoms with E-state index in [2.05, 4.69) is 31.0 Å². The fourth-order valence-corrected chi connectivity index (χ4v) is 4.31. The van der Waals surface area contributed by atoms with Crippen LogP contribution < -0.4 is 5.32 Å². The van der Waals surface area contributed by atoms with Crippen molar-refractivity contribution in [1.29, 1.82) is 0 Å². The van der Waals surface area contributed by atoms with E-state index in [1.54, 1.807) is 0 Å². The summed E-state index contributed by atoms with van der Waals surface area (Å²) in [6, 6.07) is 0.784. The minimum atomic E-state index is 0.489. The van der Waals surface area contributed by atoms with E-state index in [-0.39, 0.29) is 0 Å². The molecule has 1 spiro atoms. The maximum Gasteiger partial charge on any atom is 0.0309 e. The highest BCUT2D eigenvalue weighted by Gasteiger charge is 2.40. The van der Waals surface area contributed by atoms with Gasteiger partial charge in [0.2, 0.25) is 0 Å². The van der Waals surface area contributed by atoms with Gasteiger partial charge in [-0.25, -0.2) is 0 Å². The summed E-state index contributed by atoms with van der Waals surface area (Å²) < 4.78 is 0. The largest absolute Gasteiger partial charge is 0.308 e. The summed E-state index contributed by atoms with van der Waals surface area (Å²) >= 11 is 0. The molecule has 0 bridgehead atoms. The van der Waals surface area contributed by atoms with Crippen LogP contribution in [-0.4, -0.2) is 36.1 Å². The van der Waals surface area contributed by atoms with Crippen LogP contribution in [0, 0.1) is 5.92 Å². The standard InChI is InChI=1S/C19H38N2/c1-4-18-15-20-19(12-8-9-13-19)16-21(18)14-10-6-5-7-11-17(2)3/h17-18,20H,4-16H2,1-3H3. The van der Waals surface area contributed by atoms with Crippen molar-refractivity contribution in [3.63, 3.8) is 0 Å². The van der Waals surface area contributed by atoms with Gasteiger partial charge in [0.05, 0.1) is 0 Å². The summed E-state index contributed by atoms with van der Waals surface area (Å²) in [5, 5.41) is 3.91. The second-order valence-electron chi connectivity index (χ2n) is 8.00. The molecule has 1 saturated heterocycles. The third-order valence-corrected chi connectivity index (χ3v) is 5.74. The molecule has 1 aliphatic carbocycles. The number of nitrogens with zero attached hydrogens (tertiary/aromatic N) is 1. The average Bonchev–Trinajstić information content (AvgIpc) is 2.91. The number of unbranched alkanes of at least 4 members (excludes halogenated alkanes) is 3. The normalized spacial score (nSPS) is 26.0. The summed E-state index contributed by atoms with van der Waals surface area (Å²) in [4.78, 5) is 2.82. The third kappa shape index (κ3) is 5.25. The van der Waals surface area contributed by atoms with Crippen molar-refractivity contribution in [1.82, 2.24) is 10.2 Å². The molecule has 1 atom stereocenters. The average molecular weight is 295 g/mol. The quantitative estimate of drug-likeness (QED) is 0.659. The molecule has 2 rings (SSSR count). The molecule has 1 unspecified atom stereocenters. The molecule has 1 saturated carbocycles. The lowest BCUT2D eigenvalue weighted by atomic mass is 9.91. The van der Waals surface area contributed by atoms with E-state index in [4.69, 9.17) is 0 Å². The van der Waals surface area contributed by atoms with Crippen molar-refractivity contribution in [3.8, 4) is 0 Å². The molecule has 0 amide bonds. The number of hydrogen-bond donors (Lipinski definition) is 1. The van der Waals surface area contributed by atoms with Gasteiger partial charge in [-0.1, -0.05) is 59.3 Å². The van der Waals surface area contributed by atoms with Crippen LogP contribution in [0.3, 0.4) is 0 Å². The minimum Gasteiger partial charge on any atom is -0.308 e. The van der Waals surface area contributed by atoms with Gasteiger partial charge in [-0.15, -0.1) is 0 Å². The van der Waals surface area contributed by atoms with Crippen molar-refractivity contribution >= 4 is 0 Å². The third-order valence-electron chi connectivity index (χ3n) is 5.74. The minimum absolute atomic E-state index is 0.489. The van der Waals surface area contributed by atoms with Gasteiger partial charge in [-0.05, 0) is 38.1 Å². The molecule has 2 heteroatoms. The van der Waals surface area contributed by atoms with E-state index < -0.39 is 0 Å². The Morgan fingerprint density at radius 3 is 2.48 bits per heavy atom. The lowest BCUT2D eigenvalue weighted by Gasteiger charge is -2.46. The molecule has 1 N–H and O–H groups in total. The first-order chi connectivity index (χ1) is 10.2. The molecule has 21 heavy (non-hydrogen) atoms. The van der Waals surface area contributed by atoms with Gasteiger partial charge in [0.25, 0.3) is 0 Å². The van der Waals surface area contributed by atoms with Crippen LogP contribution in [0.1, 0.15) is 85.0 Å². The van der Waals surface area contributed by atoms with Crippen molar-refractivity contribution in [2.45, 2.75) is 96.6 Å². The molecule has 2 aliphatic rings. The smallest absolute Gasteiger partial charge is 0.0309 e. The van der Waals surface area contributed by atoms with Crippen molar-refractivity contribution < 1.29 is 0 Å². The Hall–Kier alpha value is -0.0800. The van der Waals surface area contributed by atoms with Crippen LogP contribution in [-0.2, 0) is 0 Å². The van der Waals surface area contributed by atoms with E-state index in [9.17, 15) is 0 Å². The Kier molecular flexibility index (Phi) is 7.01. The van der Waals surface area contributed by atoms with E-state index in [1.165, 1.54) is 83.8 Å². The number of hydrogen-bond acceptors (Lipinski definition) is 2. The zero-order valence-electron chi connectivity index (χ0n) is 14.8. The predicted octanol–water partition coefficient (Wildman–Crippen LogP) is 4.59. The SMILES string of the molecule is CCC1CNC2(CCCC2)CN1CCCCCCC(C)C. The van der Waals surface area contributed by atoms with Crippen LogP contribution in [0.25, 0.3) is 0 Å². The van der Waals surface area contributed by atoms with E-state index in [0.717, 1.165) is 12.0 Å². The highest BCUT2D eigenvalue weighted by Crippen LogP contribution is 2.33. The maximum atomic E-state index is 3.91. The topological polar surface area (TPSA) is 15.3 Å². The maximum absolute atomic E-state index is 3.91. The number of nitrogens with one attached hydrogen (secondary N) is 1. The van der Waals surface area contributed by atoms with Crippen molar-refractivity contribution in [2.75, 3.05) is 19.6 Å². The molecule has 1 heterocycles. The zero-order valence-corrected chi connectivity index (χ0v) is 14.8. The lowest BCUT2D eigenvalue weighted by molar-refractivity contribution is 0.0766. The van der Waals surface area contributed by atoms with Crippen LogP contribution in [0.2, 0.25) is 0 Å². The van der Waals surface area contributed by atoms with Gasteiger partial charge in [0.1, 0.15) is 0 Å². The molecule has 124 valence electrons. The van der Waals surface area contributed by atoms with Crippen LogP contribution in [0.15, 0.2) is 0 Å². The highest BCUT2D eigenvalue weighted by molar-refractivity contribution is 5.00. The molecular formula is C19H38N2. The second-order valence-corrected chi connectivity index (χ2v) is 8.00. The Morgan fingerprint density at radius 1 is 1.10 bits per heavy atom. The molecular weight excluding hydrogens is 256 g/mol. The fraction of sp³-hybridized carbons (Fsp3) is 1.00. The Morgan fingerprint density at radius 2 is 1.81 bits per heavy atom. The first kappa shape index (κ1) is 17.3. The summed E-state index contributed by atoms with van der Waals surface area (Å²) in [7, 11) is 0. The summed E-state index contributed by atoms with van der Waals surface area (Å²) in [6.07, 6.45) is 14.1. The summed E-state index contributed by atoms with van der Waals surface area (Å²) in [6.45, 7) is 10.9. The van der Waals surface area contributed by atoms with Gasteiger partial charge >= 0.3 is 0 Å². The van der Waals surface area contributed by atoms with Crippen LogP contribution in [0.5, 0.6) is 0 Å². The predicted molar refractivity (Wildman–Crippen MR) is 92.8 cm³/mol. The number of piperazine rings is 1. The van der Waals surface area contributed by atoms with Crippen molar-refractivity contribution in [2.24, 2.45) is 5.92 Å².